The number of benzene rings is 2. The van der Waals surface area contributed by atoms with E-state index in [1.54, 1.807) is 11.9 Å². The highest BCUT2D eigenvalue weighted by atomic mass is 16.5. The van der Waals surface area contributed by atoms with Crippen LogP contribution in [-0.4, -0.2) is 34.2 Å². The van der Waals surface area contributed by atoms with Gasteiger partial charge in [0.15, 0.2) is 6.61 Å². The Morgan fingerprint density at radius 3 is 2.34 bits per heavy atom. The van der Waals surface area contributed by atoms with E-state index in [1.807, 2.05) is 73.1 Å². The summed E-state index contributed by atoms with van der Waals surface area (Å²) in [4.78, 5) is 14.3. The average Bonchev–Trinajstić information content (AvgIpc) is 3.01. The third-order valence-electron chi connectivity index (χ3n) is 5.17. The zero-order valence-corrected chi connectivity index (χ0v) is 17.8. The molecule has 0 aliphatic heterocycles. The number of ether oxygens (including phenoxy) is 1. The van der Waals surface area contributed by atoms with Gasteiger partial charge in [0, 0.05) is 24.8 Å². The highest BCUT2D eigenvalue weighted by Crippen LogP contribution is 2.20. The molecule has 1 heterocycles. The summed E-state index contributed by atoms with van der Waals surface area (Å²) in [7, 11) is 1.80. The number of carbonyl (C=O) groups excluding carboxylic acids is 1. The Hall–Kier alpha value is -3.08. The Bertz CT molecular complexity index is 960. The van der Waals surface area contributed by atoms with Gasteiger partial charge in [-0.05, 0) is 49.6 Å². The number of aromatic nitrogens is 2. The van der Waals surface area contributed by atoms with Crippen molar-refractivity contribution in [2.45, 2.75) is 40.2 Å². The van der Waals surface area contributed by atoms with Crippen molar-refractivity contribution in [1.29, 1.82) is 0 Å². The fourth-order valence-electron chi connectivity index (χ4n) is 3.25. The first-order valence-corrected chi connectivity index (χ1v) is 9.94. The number of amides is 1. The van der Waals surface area contributed by atoms with Crippen molar-refractivity contribution in [3.05, 3.63) is 77.1 Å². The fraction of sp³-hybridized carbons (Fsp3) is 0.333. The number of carbonyl (C=O) groups is 1. The molecule has 0 unspecified atom stereocenters. The Kier molecular flexibility index (Phi) is 6.37. The van der Waals surface area contributed by atoms with Crippen LogP contribution >= 0.6 is 0 Å². The number of aryl methyl sites for hydroxylation is 1. The van der Waals surface area contributed by atoms with Crippen LogP contribution in [0.25, 0.3) is 5.69 Å². The van der Waals surface area contributed by atoms with Gasteiger partial charge in [-0.15, -0.1) is 0 Å². The summed E-state index contributed by atoms with van der Waals surface area (Å²) in [6.45, 7) is 8.83. The average molecular weight is 392 g/mol. The molecule has 5 nitrogen and oxygen atoms in total. The summed E-state index contributed by atoms with van der Waals surface area (Å²) < 4.78 is 7.61. The van der Waals surface area contributed by atoms with Crippen molar-refractivity contribution in [1.82, 2.24) is 14.7 Å². The van der Waals surface area contributed by atoms with Crippen LogP contribution in [0.15, 0.2) is 54.6 Å². The molecule has 0 aliphatic carbocycles. The number of hydrogen-bond donors (Lipinski definition) is 0. The summed E-state index contributed by atoms with van der Waals surface area (Å²) in [6, 6.07) is 17.9. The molecule has 1 amide bonds. The minimum atomic E-state index is -0.0656. The summed E-state index contributed by atoms with van der Waals surface area (Å²) in [5.41, 5.74) is 5.30. The molecule has 152 valence electrons. The van der Waals surface area contributed by atoms with Gasteiger partial charge in [0.1, 0.15) is 5.75 Å². The van der Waals surface area contributed by atoms with E-state index in [-0.39, 0.29) is 12.5 Å². The molecule has 0 bridgehead atoms. The van der Waals surface area contributed by atoms with Crippen LogP contribution < -0.4 is 4.74 Å². The van der Waals surface area contributed by atoms with Crippen LogP contribution in [-0.2, 0) is 11.3 Å². The van der Waals surface area contributed by atoms with E-state index in [0.717, 1.165) is 22.6 Å². The van der Waals surface area contributed by atoms with Crippen molar-refractivity contribution in [2.24, 2.45) is 0 Å². The molecule has 2 aromatic carbocycles. The molecule has 0 saturated heterocycles. The summed E-state index contributed by atoms with van der Waals surface area (Å²) in [5, 5.41) is 4.66. The maximum Gasteiger partial charge on any atom is 0.260 e. The molecule has 0 N–H and O–H groups in total. The smallest absolute Gasteiger partial charge is 0.260 e. The summed E-state index contributed by atoms with van der Waals surface area (Å²) in [5.74, 6) is 1.12. The van der Waals surface area contributed by atoms with Gasteiger partial charge in [0.05, 0.1) is 11.4 Å². The largest absolute Gasteiger partial charge is 0.484 e. The molecule has 0 spiro atoms. The van der Waals surface area contributed by atoms with Crippen LogP contribution in [0, 0.1) is 13.8 Å². The minimum absolute atomic E-state index is 0.0163. The number of likely N-dealkylation sites (N-methyl/N-ethyl adjacent to an activating group) is 1. The van der Waals surface area contributed by atoms with Gasteiger partial charge in [0.25, 0.3) is 5.91 Å². The van der Waals surface area contributed by atoms with Gasteiger partial charge < -0.3 is 9.64 Å². The second kappa shape index (κ2) is 8.95. The molecule has 5 heteroatoms. The van der Waals surface area contributed by atoms with Crippen molar-refractivity contribution in [3.63, 3.8) is 0 Å². The Morgan fingerprint density at radius 2 is 1.72 bits per heavy atom. The molecular formula is C24H29N3O2. The Morgan fingerprint density at radius 1 is 1.07 bits per heavy atom. The van der Waals surface area contributed by atoms with Crippen molar-refractivity contribution < 1.29 is 9.53 Å². The third-order valence-corrected chi connectivity index (χ3v) is 5.17. The molecule has 3 rings (SSSR count). The summed E-state index contributed by atoms with van der Waals surface area (Å²) in [6.07, 6.45) is 0. The van der Waals surface area contributed by atoms with Crippen LogP contribution in [0.2, 0.25) is 0 Å². The first kappa shape index (κ1) is 20.6. The number of hydrogen-bond acceptors (Lipinski definition) is 3. The maximum atomic E-state index is 12.6. The zero-order chi connectivity index (χ0) is 21.0. The topological polar surface area (TPSA) is 47.4 Å². The highest BCUT2D eigenvalue weighted by Gasteiger charge is 2.17. The molecule has 0 radical (unpaired) electrons. The minimum Gasteiger partial charge on any atom is -0.484 e. The lowest BCUT2D eigenvalue weighted by atomic mass is 10.0. The molecule has 0 aliphatic rings. The molecular weight excluding hydrogens is 362 g/mol. The van der Waals surface area contributed by atoms with E-state index >= 15 is 0 Å². The lowest BCUT2D eigenvalue weighted by Crippen LogP contribution is -2.31. The summed E-state index contributed by atoms with van der Waals surface area (Å²) >= 11 is 0. The van der Waals surface area contributed by atoms with E-state index in [9.17, 15) is 4.79 Å². The third kappa shape index (κ3) is 4.86. The van der Waals surface area contributed by atoms with Crippen molar-refractivity contribution >= 4 is 5.91 Å². The van der Waals surface area contributed by atoms with Crippen LogP contribution in [0.3, 0.4) is 0 Å². The number of para-hydroxylation sites is 1. The van der Waals surface area contributed by atoms with Crippen LogP contribution in [0.4, 0.5) is 0 Å². The normalized spacial score (nSPS) is 11.0. The number of nitrogens with zero attached hydrogens (tertiary/aromatic N) is 3. The molecule has 29 heavy (non-hydrogen) atoms. The Balaban J connectivity index is 1.63. The van der Waals surface area contributed by atoms with Gasteiger partial charge in [-0.2, -0.15) is 5.10 Å². The predicted molar refractivity (Wildman–Crippen MR) is 116 cm³/mol. The second-order valence-corrected chi connectivity index (χ2v) is 7.66. The first-order chi connectivity index (χ1) is 13.9. The lowest BCUT2D eigenvalue weighted by Gasteiger charge is -2.18. The lowest BCUT2D eigenvalue weighted by molar-refractivity contribution is -0.132. The van der Waals surface area contributed by atoms with Crippen molar-refractivity contribution in [3.8, 4) is 11.4 Å². The zero-order valence-electron chi connectivity index (χ0n) is 17.8. The predicted octanol–water partition coefficient (Wildman–Crippen LogP) is 4.65. The molecule has 3 aromatic rings. The highest BCUT2D eigenvalue weighted by molar-refractivity contribution is 5.77. The van der Waals surface area contributed by atoms with E-state index < -0.39 is 0 Å². The molecule has 0 fully saturated rings. The van der Waals surface area contributed by atoms with E-state index in [1.165, 1.54) is 5.56 Å². The van der Waals surface area contributed by atoms with E-state index in [4.69, 9.17) is 4.74 Å². The van der Waals surface area contributed by atoms with E-state index in [0.29, 0.717) is 18.2 Å². The van der Waals surface area contributed by atoms with Gasteiger partial charge in [-0.1, -0.05) is 44.2 Å². The molecule has 0 saturated carbocycles. The standard InChI is InChI=1S/C24H29N3O2/c1-17(2)20-11-13-22(14-12-20)29-16-24(28)26(5)15-23-18(3)25-27(19(23)4)21-9-7-6-8-10-21/h6-14,17H,15-16H2,1-5H3. The SMILES string of the molecule is Cc1nn(-c2ccccc2)c(C)c1CN(C)C(=O)COc1ccc(C(C)C)cc1. The van der Waals surface area contributed by atoms with Gasteiger partial charge in [-0.25, -0.2) is 4.68 Å². The monoisotopic (exact) mass is 391 g/mol. The van der Waals surface area contributed by atoms with Crippen LogP contribution in [0.5, 0.6) is 5.75 Å². The first-order valence-electron chi connectivity index (χ1n) is 9.94. The Labute approximate surface area is 172 Å². The number of rotatable bonds is 7. The van der Waals surface area contributed by atoms with E-state index in [2.05, 4.69) is 18.9 Å². The quantitative estimate of drug-likeness (QED) is 0.589. The van der Waals surface area contributed by atoms with Crippen LogP contribution in [0.1, 0.15) is 42.3 Å². The van der Waals surface area contributed by atoms with Crippen molar-refractivity contribution in [2.75, 3.05) is 13.7 Å². The molecule has 0 atom stereocenters. The van der Waals surface area contributed by atoms with Gasteiger partial charge >= 0.3 is 0 Å². The van der Waals surface area contributed by atoms with Gasteiger partial charge in [0.2, 0.25) is 0 Å². The molecule has 1 aromatic heterocycles. The van der Waals surface area contributed by atoms with Gasteiger partial charge in [-0.3, -0.25) is 4.79 Å². The fourth-order valence-corrected chi connectivity index (χ4v) is 3.25. The maximum absolute atomic E-state index is 12.6. The second-order valence-electron chi connectivity index (χ2n) is 7.66.